The zero-order chi connectivity index (χ0) is 14.5. The van der Waals surface area contributed by atoms with Crippen LogP contribution in [0.25, 0.3) is 0 Å². The number of amides is 1. The number of nitrogens with zero attached hydrogens (tertiary/aromatic N) is 1. The smallest absolute Gasteiger partial charge is 0.233 e. The fourth-order valence-electron chi connectivity index (χ4n) is 1.97. The summed E-state index contributed by atoms with van der Waals surface area (Å²) in [6, 6.07) is 11.2. The Kier molecular flexibility index (Phi) is 4.71. The van der Waals surface area contributed by atoms with Gasteiger partial charge in [0.15, 0.2) is 5.15 Å². The maximum absolute atomic E-state index is 12.4. The third-order valence-electron chi connectivity index (χ3n) is 3.12. The highest BCUT2D eigenvalue weighted by atomic mass is 35.5. The van der Waals surface area contributed by atoms with Crippen molar-refractivity contribution in [3.63, 3.8) is 0 Å². The number of pyridine rings is 1. The van der Waals surface area contributed by atoms with E-state index in [4.69, 9.17) is 17.3 Å². The molecule has 104 valence electrons. The van der Waals surface area contributed by atoms with E-state index in [0.717, 1.165) is 11.1 Å². The average Bonchev–Trinajstić information content (AvgIpc) is 2.45. The number of halogens is 1. The van der Waals surface area contributed by atoms with E-state index in [0.29, 0.717) is 5.69 Å². The minimum atomic E-state index is -0.410. The molecule has 1 amide bonds. The Morgan fingerprint density at radius 2 is 2.05 bits per heavy atom. The van der Waals surface area contributed by atoms with Gasteiger partial charge in [0.25, 0.3) is 0 Å². The lowest BCUT2D eigenvalue weighted by Gasteiger charge is -2.16. The molecule has 0 aliphatic rings. The van der Waals surface area contributed by atoms with Gasteiger partial charge in [-0.05, 0) is 24.1 Å². The molecule has 1 aromatic carbocycles. The molecular weight excluding hydrogens is 274 g/mol. The highest BCUT2D eigenvalue weighted by Crippen LogP contribution is 2.25. The maximum atomic E-state index is 12.4. The average molecular weight is 290 g/mol. The van der Waals surface area contributed by atoms with Gasteiger partial charge < -0.3 is 11.1 Å². The number of hydrogen-bond acceptors (Lipinski definition) is 3. The monoisotopic (exact) mass is 289 g/mol. The number of rotatable bonds is 4. The van der Waals surface area contributed by atoms with Gasteiger partial charge in [-0.3, -0.25) is 4.79 Å². The Labute approximate surface area is 123 Å². The zero-order valence-electron chi connectivity index (χ0n) is 11.1. The van der Waals surface area contributed by atoms with Crippen molar-refractivity contribution in [2.24, 2.45) is 5.73 Å². The lowest BCUT2D eigenvalue weighted by Crippen LogP contribution is -2.27. The van der Waals surface area contributed by atoms with E-state index in [2.05, 4.69) is 10.3 Å². The van der Waals surface area contributed by atoms with Crippen molar-refractivity contribution >= 4 is 23.2 Å². The van der Waals surface area contributed by atoms with Crippen molar-refractivity contribution in [3.8, 4) is 0 Å². The standard InChI is InChI=1S/C15H16ClN3O/c1-10-7-8-18-14(16)13(10)19-15(20)12(9-17)11-5-3-2-4-6-11/h2-8,12H,9,17H2,1H3,(H,19,20). The van der Waals surface area contributed by atoms with E-state index in [1.54, 1.807) is 12.3 Å². The second-order valence-electron chi connectivity index (χ2n) is 4.48. The molecule has 2 rings (SSSR count). The molecule has 3 N–H and O–H groups in total. The van der Waals surface area contributed by atoms with E-state index >= 15 is 0 Å². The van der Waals surface area contributed by atoms with Crippen molar-refractivity contribution in [2.75, 3.05) is 11.9 Å². The van der Waals surface area contributed by atoms with Crippen LogP contribution in [0.2, 0.25) is 5.15 Å². The quantitative estimate of drug-likeness (QED) is 0.851. The second kappa shape index (κ2) is 6.50. The Morgan fingerprint density at radius 1 is 1.35 bits per heavy atom. The van der Waals surface area contributed by atoms with Crippen molar-refractivity contribution in [1.82, 2.24) is 4.98 Å². The number of aromatic nitrogens is 1. The molecule has 0 saturated heterocycles. The van der Waals surface area contributed by atoms with Crippen LogP contribution in [-0.4, -0.2) is 17.4 Å². The molecule has 0 aliphatic heterocycles. The Morgan fingerprint density at radius 3 is 2.65 bits per heavy atom. The topological polar surface area (TPSA) is 68.0 Å². The second-order valence-corrected chi connectivity index (χ2v) is 4.84. The summed E-state index contributed by atoms with van der Waals surface area (Å²) in [7, 11) is 0. The van der Waals surface area contributed by atoms with Crippen LogP contribution < -0.4 is 11.1 Å². The number of aryl methyl sites for hydroxylation is 1. The molecular formula is C15H16ClN3O. The van der Waals surface area contributed by atoms with Gasteiger partial charge in [0.05, 0.1) is 11.6 Å². The predicted octanol–water partition coefficient (Wildman–Crippen LogP) is 2.72. The van der Waals surface area contributed by atoms with Crippen molar-refractivity contribution in [2.45, 2.75) is 12.8 Å². The molecule has 0 radical (unpaired) electrons. The molecule has 1 unspecified atom stereocenters. The van der Waals surface area contributed by atoms with E-state index in [1.807, 2.05) is 37.3 Å². The molecule has 1 aromatic heterocycles. The van der Waals surface area contributed by atoms with Gasteiger partial charge in [0.1, 0.15) is 0 Å². The highest BCUT2D eigenvalue weighted by Gasteiger charge is 2.20. The highest BCUT2D eigenvalue weighted by molar-refractivity contribution is 6.32. The van der Waals surface area contributed by atoms with Crippen molar-refractivity contribution in [3.05, 3.63) is 58.9 Å². The van der Waals surface area contributed by atoms with Crippen molar-refractivity contribution < 1.29 is 4.79 Å². The minimum absolute atomic E-state index is 0.184. The first-order valence-electron chi connectivity index (χ1n) is 6.30. The largest absolute Gasteiger partial charge is 0.329 e. The van der Waals surface area contributed by atoms with Gasteiger partial charge in [0, 0.05) is 12.7 Å². The molecule has 1 heterocycles. The first-order chi connectivity index (χ1) is 9.63. The summed E-state index contributed by atoms with van der Waals surface area (Å²) in [5.41, 5.74) is 8.00. The Balaban J connectivity index is 2.23. The molecule has 1 atom stereocenters. The van der Waals surface area contributed by atoms with Gasteiger partial charge in [-0.1, -0.05) is 41.9 Å². The summed E-state index contributed by atoms with van der Waals surface area (Å²) in [4.78, 5) is 16.3. The number of nitrogens with two attached hydrogens (primary N) is 1. The van der Waals surface area contributed by atoms with E-state index in [9.17, 15) is 4.79 Å². The van der Waals surface area contributed by atoms with Crippen LogP contribution >= 0.6 is 11.6 Å². The normalized spacial score (nSPS) is 11.9. The third kappa shape index (κ3) is 3.15. The molecule has 0 saturated carbocycles. The number of nitrogens with one attached hydrogen (secondary N) is 1. The van der Waals surface area contributed by atoms with E-state index in [1.165, 1.54) is 0 Å². The van der Waals surface area contributed by atoms with Gasteiger partial charge >= 0.3 is 0 Å². The molecule has 5 heteroatoms. The number of carbonyl (C=O) groups excluding carboxylic acids is 1. The van der Waals surface area contributed by atoms with Crippen LogP contribution in [0.1, 0.15) is 17.0 Å². The molecule has 0 aliphatic carbocycles. The summed E-state index contributed by atoms with van der Waals surface area (Å²) in [6.07, 6.45) is 1.60. The number of anilines is 1. The number of benzene rings is 1. The fraction of sp³-hybridized carbons (Fsp3) is 0.200. The first kappa shape index (κ1) is 14.5. The maximum Gasteiger partial charge on any atom is 0.233 e. The lowest BCUT2D eigenvalue weighted by atomic mass is 9.98. The number of hydrogen-bond donors (Lipinski definition) is 2. The van der Waals surface area contributed by atoms with Gasteiger partial charge in [-0.15, -0.1) is 0 Å². The SMILES string of the molecule is Cc1ccnc(Cl)c1NC(=O)C(CN)c1ccccc1. The minimum Gasteiger partial charge on any atom is -0.329 e. The summed E-state index contributed by atoms with van der Waals surface area (Å²) in [6.45, 7) is 2.09. The van der Waals surface area contributed by atoms with E-state index < -0.39 is 5.92 Å². The van der Waals surface area contributed by atoms with Crippen LogP contribution in [0.5, 0.6) is 0 Å². The molecule has 4 nitrogen and oxygen atoms in total. The summed E-state index contributed by atoms with van der Waals surface area (Å²) in [5, 5.41) is 3.09. The summed E-state index contributed by atoms with van der Waals surface area (Å²) < 4.78 is 0. The van der Waals surface area contributed by atoms with Gasteiger partial charge in [0.2, 0.25) is 5.91 Å². The molecule has 2 aromatic rings. The van der Waals surface area contributed by atoms with Crippen LogP contribution in [0.3, 0.4) is 0 Å². The zero-order valence-corrected chi connectivity index (χ0v) is 11.9. The molecule has 0 spiro atoms. The predicted molar refractivity (Wildman–Crippen MR) is 80.9 cm³/mol. The van der Waals surface area contributed by atoms with Crippen LogP contribution in [0, 0.1) is 6.92 Å². The van der Waals surface area contributed by atoms with Crippen LogP contribution in [-0.2, 0) is 4.79 Å². The van der Waals surface area contributed by atoms with Crippen LogP contribution in [0.15, 0.2) is 42.6 Å². The van der Waals surface area contributed by atoms with Gasteiger partial charge in [-0.2, -0.15) is 0 Å². The summed E-state index contributed by atoms with van der Waals surface area (Å²) in [5.74, 6) is -0.594. The first-order valence-corrected chi connectivity index (χ1v) is 6.68. The lowest BCUT2D eigenvalue weighted by molar-refractivity contribution is -0.117. The van der Waals surface area contributed by atoms with Gasteiger partial charge in [-0.25, -0.2) is 4.98 Å². The molecule has 0 fully saturated rings. The Bertz CT molecular complexity index is 581. The molecule has 0 bridgehead atoms. The summed E-state index contributed by atoms with van der Waals surface area (Å²) >= 11 is 6.01. The third-order valence-corrected chi connectivity index (χ3v) is 3.40. The van der Waals surface area contributed by atoms with Crippen LogP contribution in [0.4, 0.5) is 5.69 Å². The fourth-order valence-corrected chi connectivity index (χ4v) is 2.22. The van der Waals surface area contributed by atoms with Crippen molar-refractivity contribution in [1.29, 1.82) is 0 Å². The molecule has 20 heavy (non-hydrogen) atoms. The van der Waals surface area contributed by atoms with E-state index in [-0.39, 0.29) is 17.6 Å². The Hall–Kier alpha value is -1.91. The number of carbonyl (C=O) groups is 1.